The van der Waals surface area contributed by atoms with E-state index in [1.165, 1.54) is 0 Å². The number of aliphatic carboxylic acids is 1. The minimum Gasteiger partial charge on any atom is -0.481 e. The van der Waals surface area contributed by atoms with Crippen molar-refractivity contribution >= 4 is 17.6 Å². The van der Waals surface area contributed by atoms with Gasteiger partial charge >= 0.3 is 5.97 Å². The summed E-state index contributed by atoms with van der Waals surface area (Å²) in [6.07, 6.45) is 0.629. The van der Waals surface area contributed by atoms with Gasteiger partial charge in [0.1, 0.15) is 11.0 Å². The van der Waals surface area contributed by atoms with Crippen LogP contribution < -0.4 is 5.73 Å². The first kappa shape index (κ1) is 10.9. The minimum atomic E-state index is -1.07. The Kier molecular flexibility index (Phi) is 3.38. The molecule has 0 radical (unpaired) electrons. The highest BCUT2D eigenvalue weighted by molar-refractivity contribution is 6.30. The zero-order valence-electron chi connectivity index (χ0n) is 7.08. The van der Waals surface area contributed by atoms with Crippen molar-refractivity contribution < 1.29 is 14.3 Å². The quantitative estimate of drug-likeness (QED) is 0.751. The van der Waals surface area contributed by atoms with Crippen molar-refractivity contribution in [2.45, 2.75) is 12.5 Å². The third kappa shape index (κ3) is 2.65. The molecule has 0 saturated carbocycles. The molecule has 14 heavy (non-hydrogen) atoms. The smallest absolute Gasteiger partial charge is 0.305 e. The molecule has 1 rings (SSSR count). The summed E-state index contributed by atoms with van der Waals surface area (Å²) >= 11 is 5.62. The van der Waals surface area contributed by atoms with Crippen LogP contribution in [0.4, 0.5) is 4.39 Å². The fourth-order valence-electron chi connectivity index (χ4n) is 0.996. The van der Waals surface area contributed by atoms with Gasteiger partial charge < -0.3 is 10.8 Å². The first-order valence-electron chi connectivity index (χ1n) is 3.79. The Morgan fingerprint density at radius 2 is 2.43 bits per heavy atom. The number of hydrogen-bond donors (Lipinski definition) is 2. The van der Waals surface area contributed by atoms with E-state index in [-0.39, 0.29) is 17.1 Å². The van der Waals surface area contributed by atoms with Crippen LogP contribution in [-0.4, -0.2) is 16.1 Å². The summed E-state index contributed by atoms with van der Waals surface area (Å²) in [6, 6.07) is 0.242. The van der Waals surface area contributed by atoms with Gasteiger partial charge in [0.25, 0.3) is 0 Å². The van der Waals surface area contributed by atoms with Crippen LogP contribution in [0, 0.1) is 5.82 Å². The van der Waals surface area contributed by atoms with Gasteiger partial charge in [0.15, 0.2) is 0 Å². The zero-order valence-corrected chi connectivity index (χ0v) is 7.83. The lowest BCUT2D eigenvalue weighted by molar-refractivity contribution is -0.137. The Hall–Kier alpha value is -1.20. The van der Waals surface area contributed by atoms with Gasteiger partial charge in [-0.1, -0.05) is 11.6 Å². The lowest BCUT2D eigenvalue weighted by Gasteiger charge is -2.10. The topological polar surface area (TPSA) is 76.2 Å². The molecule has 1 aromatic rings. The van der Waals surface area contributed by atoms with Gasteiger partial charge in [-0.2, -0.15) is 0 Å². The molecule has 0 aliphatic rings. The summed E-state index contributed by atoms with van der Waals surface area (Å²) in [6.45, 7) is 0. The normalized spacial score (nSPS) is 12.5. The Morgan fingerprint density at radius 1 is 1.79 bits per heavy atom. The lowest BCUT2D eigenvalue weighted by Crippen LogP contribution is -2.16. The summed E-state index contributed by atoms with van der Waals surface area (Å²) in [7, 11) is 0. The minimum absolute atomic E-state index is 0.0279. The Bertz CT molecular complexity index is 359. The molecule has 76 valence electrons. The number of hydrogen-bond acceptors (Lipinski definition) is 3. The molecule has 0 saturated heterocycles. The average Bonchev–Trinajstić information content (AvgIpc) is 2.08. The number of rotatable bonds is 3. The summed E-state index contributed by atoms with van der Waals surface area (Å²) < 4.78 is 12.7. The largest absolute Gasteiger partial charge is 0.481 e. The first-order valence-corrected chi connectivity index (χ1v) is 4.17. The molecule has 0 fully saturated rings. The van der Waals surface area contributed by atoms with Gasteiger partial charge in [-0.3, -0.25) is 4.79 Å². The molecule has 0 amide bonds. The molecule has 0 aliphatic carbocycles. The van der Waals surface area contributed by atoms with Crippen LogP contribution in [0.25, 0.3) is 0 Å². The first-order chi connectivity index (χ1) is 6.50. The molecule has 0 aromatic carbocycles. The number of carboxylic acids is 1. The predicted octanol–water partition coefficient (Wildman–Crippen LogP) is 1.35. The summed E-state index contributed by atoms with van der Waals surface area (Å²) in [5.41, 5.74) is 5.70. The zero-order chi connectivity index (χ0) is 10.7. The SMILES string of the molecule is NC(CC(=O)O)c1cc(F)cnc1Cl. The van der Waals surface area contributed by atoms with Gasteiger partial charge in [0.05, 0.1) is 12.6 Å². The molecule has 0 bridgehead atoms. The van der Waals surface area contributed by atoms with Crippen molar-refractivity contribution in [1.29, 1.82) is 0 Å². The van der Waals surface area contributed by atoms with Crippen molar-refractivity contribution in [3.8, 4) is 0 Å². The van der Waals surface area contributed by atoms with Gasteiger partial charge in [0, 0.05) is 11.6 Å². The van der Waals surface area contributed by atoms with Crippen molar-refractivity contribution in [3.63, 3.8) is 0 Å². The van der Waals surface area contributed by atoms with E-state index >= 15 is 0 Å². The highest BCUT2D eigenvalue weighted by Crippen LogP contribution is 2.21. The predicted molar refractivity (Wildman–Crippen MR) is 48.4 cm³/mol. The Labute approximate surface area is 84.5 Å². The molecule has 6 heteroatoms. The van der Waals surface area contributed by atoms with E-state index in [2.05, 4.69) is 4.98 Å². The van der Waals surface area contributed by atoms with E-state index in [0.29, 0.717) is 0 Å². The summed E-state index contributed by atoms with van der Waals surface area (Å²) in [5.74, 6) is -1.66. The lowest BCUT2D eigenvalue weighted by atomic mass is 10.1. The number of nitrogens with zero attached hydrogens (tertiary/aromatic N) is 1. The molecule has 1 aromatic heterocycles. The second-order valence-corrected chi connectivity index (χ2v) is 3.10. The monoisotopic (exact) mass is 218 g/mol. The third-order valence-electron chi connectivity index (χ3n) is 1.63. The number of nitrogens with two attached hydrogens (primary N) is 1. The van der Waals surface area contributed by atoms with E-state index in [4.69, 9.17) is 22.4 Å². The van der Waals surface area contributed by atoms with E-state index in [1.54, 1.807) is 0 Å². The molecular weight excluding hydrogens is 211 g/mol. The van der Waals surface area contributed by atoms with Crippen LogP contribution in [-0.2, 0) is 4.79 Å². The molecular formula is C8H8ClFN2O2. The van der Waals surface area contributed by atoms with Gasteiger partial charge in [-0.05, 0) is 6.07 Å². The van der Waals surface area contributed by atoms with Gasteiger partial charge in [-0.15, -0.1) is 0 Å². The van der Waals surface area contributed by atoms with E-state index < -0.39 is 17.8 Å². The number of aromatic nitrogens is 1. The fourth-order valence-corrected chi connectivity index (χ4v) is 1.24. The summed E-state index contributed by atoms with van der Waals surface area (Å²) in [5, 5.41) is 8.50. The fraction of sp³-hybridized carbons (Fsp3) is 0.250. The molecule has 3 N–H and O–H groups in total. The highest BCUT2D eigenvalue weighted by atomic mass is 35.5. The number of halogens is 2. The molecule has 1 atom stereocenters. The molecule has 4 nitrogen and oxygen atoms in total. The standard InChI is InChI=1S/C8H8ClFN2O2/c9-8-5(1-4(10)3-12-8)6(11)2-7(13)14/h1,3,6H,2,11H2,(H,13,14). The van der Waals surface area contributed by atoms with Crippen LogP contribution >= 0.6 is 11.6 Å². The highest BCUT2D eigenvalue weighted by Gasteiger charge is 2.15. The van der Waals surface area contributed by atoms with Crippen LogP contribution in [0.3, 0.4) is 0 Å². The molecule has 1 unspecified atom stereocenters. The van der Waals surface area contributed by atoms with Crippen molar-refractivity contribution in [2.24, 2.45) is 5.73 Å². The van der Waals surface area contributed by atoms with E-state index in [0.717, 1.165) is 12.3 Å². The number of carbonyl (C=O) groups is 1. The maximum atomic E-state index is 12.7. The number of carboxylic acid groups (broad SMARTS) is 1. The summed E-state index contributed by atoms with van der Waals surface area (Å²) in [4.78, 5) is 13.9. The molecule has 1 heterocycles. The van der Waals surface area contributed by atoms with Gasteiger partial charge in [-0.25, -0.2) is 9.37 Å². The van der Waals surface area contributed by atoms with E-state index in [1.807, 2.05) is 0 Å². The molecule has 0 spiro atoms. The van der Waals surface area contributed by atoms with Crippen LogP contribution in [0.15, 0.2) is 12.3 Å². The molecule has 0 aliphatic heterocycles. The van der Waals surface area contributed by atoms with Crippen LogP contribution in [0.2, 0.25) is 5.15 Å². The second-order valence-electron chi connectivity index (χ2n) is 2.74. The average molecular weight is 219 g/mol. The van der Waals surface area contributed by atoms with Crippen molar-refractivity contribution in [3.05, 3.63) is 28.8 Å². The van der Waals surface area contributed by atoms with Crippen LogP contribution in [0.1, 0.15) is 18.0 Å². The van der Waals surface area contributed by atoms with Crippen molar-refractivity contribution in [2.75, 3.05) is 0 Å². The van der Waals surface area contributed by atoms with Gasteiger partial charge in [0.2, 0.25) is 0 Å². The Balaban J connectivity index is 2.93. The maximum Gasteiger partial charge on any atom is 0.305 e. The second kappa shape index (κ2) is 4.34. The Morgan fingerprint density at radius 3 is 3.00 bits per heavy atom. The van der Waals surface area contributed by atoms with Crippen molar-refractivity contribution in [1.82, 2.24) is 4.98 Å². The van der Waals surface area contributed by atoms with E-state index in [9.17, 15) is 9.18 Å². The third-order valence-corrected chi connectivity index (χ3v) is 1.94. The van der Waals surface area contributed by atoms with Crippen LogP contribution in [0.5, 0.6) is 0 Å². The number of pyridine rings is 1. The maximum absolute atomic E-state index is 12.7.